The Morgan fingerprint density at radius 1 is 1.58 bits per heavy atom. The zero-order chi connectivity index (χ0) is 9.56. The molecule has 0 saturated heterocycles. The summed E-state index contributed by atoms with van der Waals surface area (Å²) in [5, 5.41) is 0.132. The number of Topliss-reactive ketones (excluding diaryl/α,β-unsaturated/α-hetero) is 1. The molecule has 0 amide bonds. The molecule has 0 heterocycles. The van der Waals surface area contributed by atoms with E-state index in [0.29, 0.717) is 5.78 Å². The predicted octanol–water partition coefficient (Wildman–Crippen LogP) is 2.91. The van der Waals surface area contributed by atoms with Crippen molar-refractivity contribution in [1.82, 2.24) is 0 Å². The first-order valence-corrected chi connectivity index (χ1v) is 5.44. The molecule has 0 aliphatic rings. The smallest absolute Gasteiger partial charge is 0.148 e. The van der Waals surface area contributed by atoms with Crippen molar-refractivity contribution < 1.29 is 4.79 Å². The van der Waals surface area contributed by atoms with Crippen LogP contribution in [0.3, 0.4) is 0 Å². The van der Waals surface area contributed by atoms with Crippen molar-refractivity contribution in [1.29, 1.82) is 0 Å². The highest BCUT2D eigenvalue weighted by molar-refractivity contribution is 8.00. The maximum atomic E-state index is 11.6. The summed E-state index contributed by atoms with van der Waals surface area (Å²) >= 11 is 1.72. The van der Waals surface area contributed by atoms with Crippen LogP contribution in [0.2, 0.25) is 0 Å². The van der Waals surface area contributed by atoms with Crippen LogP contribution in [0.5, 0.6) is 0 Å². The number of thioether (sulfide) groups is 1. The fraction of sp³-hybridized carbons (Fsp3) is 0.700. The van der Waals surface area contributed by atoms with Gasteiger partial charge in [0, 0.05) is 5.92 Å². The molecule has 0 aromatic heterocycles. The zero-order valence-electron chi connectivity index (χ0n) is 8.17. The molecule has 0 aliphatic carbocycles. The topological polar surface area (TPSA) is 17.1 Å². The lowest BCUT2D eigenvalue weighted by atomic mass is 10.0. The van der Waals surface area contributed by atoms with Gasteiger partial charge >= 0.3 is 0 Å². The Bertz CT molecular complexity index is 152. The second kappa shape index (κ2) is 6.30. The van der Waals surface area contributed by atoms with Gasteiger partial charge in [-0.3, -0.25) is 4.79 Å². The van der Waals surface area contributed by atoms with E-state index in [0.717, 1.165) is 12.2 Å². The maximum absolute atomic E-state index is 11.6. The van der Waals surface area contributed by atoms with Crippen LogP contribution in [0.1, 0.15) is 27.2 Å². The van der Waals surface area contributed by atoms with Crippen LogP contribution in [-0.2, 0) is 4.79 Å². The van der Waals surface area contributed by atoms with E-state index in [1.807, 2.05) is 19.9 Å². The van der Waals surface area contributed by atoms with Gasteiger partial charge in [-0.15, -0.1) is 6.58 Å². The Kier molecular flexibility index (Phi) is 6.17. The normalized spacial score (nSPS) is 13.0. The molecule has 0 fully saturated rings. The first-order chi connectivity index (χ1) is 5.63. The molecule has 70 valence electrons. The van der Waals surface area contributed by atoms with Crippen LogP contribution >= 0.6 is 11.8 Å². The van der Waals surface area contributed by atoms with Crippen LogP contribution in [0.4, 0.5) is 0 Å². The Hall–Kier alpha value is -0.240. The number of rotatable bonds is 6. The fourth-order valence-electron chi connectivity index (χ4n) is 0.991. The molecule has 0 rings (SSSR count). The number of allylic oxidation sites excluding steroid dienone is 1. The minimum atomic E-state index is 0.132. The van der Waals surface area contributed by atoms with Crippen molar-refractivity contribution in [2.75, 3.05) is 5.75 Å². The lowest BCUT2D eigenvalue weighted by Gasteiger charge is -2.14. The summed E-state index contributed by atoms with van der Waals surface area (Å²) < 4.78 is 0. The van der Waals surface area contributed by atoms with Crippen LogP contribution < -0.4 is 0 Å². The SMILES string of the molecule is C=CCC(SCC)C(=O)C(C)C. The second-order valence-corrected chi connectivity index (χ2v) is 4.51. The quantitative estimate of drug-likeness (QED) is 0.593. The summed E-state index contributed by atoms with van der Waals surface area (Å²) in [4.78, 5) is 11.6. The summed E-state index contributed by atoms with van der Waals surface area (Å²) in [6, 6.07) is 0. The molecular formula is C10H18OS. The Labute approximate surface area is 79.6 Å². The van der Waals surface area contributed by atoms with Gasteiger partial charge in [-0.1, -0.05) is 26.8 Å². The van der Waals surface area contributed by atoms with Crippen LogP contribution in [-0.4, -0.2) is 16.8 Å². The average Bonchev–Trinajstić information content (AvgIpc) is 2.03. The Balaban J connectivity index is 4.08. The summed E-state index contributed by atoms with van der Waals surface area (Å²) in [7, 11) is 0. The third kappa shape index (κ3) is 3.96. The number of hydrogen-bond donors (Lipinski definition) is 0. The van der Waals surface area contributed by atoms with Gasteiger partial charge in [-0.05, 0) is 12.2 Å². The molecule has 1 unspecified atom stereocenters. The molecule has 2 heteroatoms. The molecule has 0 aromatic carbocycles. The molecule has 0 aromatic rings. The molecule has 0 radical (unpaired) electrons. The highest BCUT2D eigenvalue weighted by atomic mass is 32.2. The predicted molar refractivity (Wildman–Crippen MR) is 56.6 cm³/mol. The summed E-state index contributed by atoms with van der Waals surface area (Å²) in [5.41, 5.74) is 0. The molecule has 0 saturated carbocycles. The number of carbonyl (C=O) groups is 1. The van der Waals surface area contributed by atoms with Gasteiger partial charge < -0.3 is 0 Å². The van der Waals surface area contributed by atoms with Crippen LogP contribution in [0.15, 0.2) is 12.7 Å². The van der Waals surface area contributed by atoms with Crippen molar-refractivity contribution in [3.8, 4) is 0 Å². The Morgan fingerprint density at radius 3 is 2.50 bits per heavy atom. The van der Waals surface area contributed by atoms with Gasteiger partial charge in [0.2, 0.25) is 0 Å². The van der Waals surface area contributed by atoms with Crippen LogP contribution in [0, 0.1) is 5.92 Å². The van der Waals surface area contributed by atoms with Gasteiger partial charge in [-0.2, -0.15) is 11.8 Å². The Morgan fingerprint density at radius 2 is 2.17 bits per heavy atom. The lowest BCUT2D eigenvalue weighted by Crippen LogP contribution is -2.21. The van der Waals surface area contributed by atoms with E-state index in [9.17, 15) is 4.79 Å². The maximum Gasteiger partial charge on any atom is 0.148 e. The van der Waals surface area contributed by atoms with E-state index < -0.39 is 0 Å². The largest absolute Gasteiger partial charge is 0.298 e. The summed E-state index contributed by atoms with van der Waals surface area (Å²) in [6.45, 7) is 9.64. The zero-order valence-corrected chi connectivity index (χ0v) is 8.99. The van der Waals surface area contributed by atoms with Gasteiger partial charge in [0.25, 0.3) is 0 Å². The minimum absolute atomic E-state index is 0.132. The number of hydrogen-bond acceptors (Lipinski definition) is 2. The van der Waals surface area contributed by atoms with Gasteiger partial charge in [-0.25, -0.2) is 0 Å². The highest BCUT2D eigenvalue weighted by Gasteiger charge is 2.19. The third-order valence-electron chi connectivity index (χ3n) is 1.63. The molecule has 0 aliphatic heterocycles. The van der Waals surface area contributed by atoms with E-state index in [4.69, 9.17) is 0 Å². The van der Waals surface area contributed by atoms with Crippen molar-refractivity contribution >= 4 is 17.5 Å². The molecular weight excluding hydrogens is 168 g/mol. The highest BCUT2D eigenvalue weighted by Crippen LogP contribution is 2.19. The second-order valence-electron chi connectivity index (χ2n) is 3.03. The first kappa shape index (κ1) is 11.8. The van der Waals surface area contributed by atoms with E-state index in [2.05, 4.69) is 13.5 Å². The lowest BCUT2D eigenvalue weighted by molar-refractivity contribution is -0.121. The molecule has 0 N–H and O–H groups in total. The monoisotopic (exact) mass is 186 g/mol. The van der Waals surface area contributed by atoms with Gasteiger partial charge in [0.05, 0.1) is 5.25 Å². The van der Waals surface area contributed by atoms with E-state index in [1.165, 1.54) is 0 Å². The van der Waals surface area contributed by atoms with Crippen molar-refractivity contribution in [3.05, 3.63) is 12.7 Å². The van der Waals surface area contributed by atoms with Crippen molar-refractivity contribution in [3.63, 3.8) is 0 Å². The standard InChI is InChI=1S/C10H18OS/c1-5-7-9(12-6-2)10(11)8(3)4/h5,8-9H,1,6-7H2,2-4H3. The molecule has 12 heavy (non-hydrogen) atoms. The summed E-state index contributed by atoms with van der Waals surface area (Å²) in [6.07, 6.45) is 2.63. The van der Waals surface area contributed by atoms with E-state index >= 15 is 0 Å². The van der Waals surface area contributed by atoms with Gasteiger partial charge in [0.15, 0.2) is 0 Å². The molecule has 0 bridgehead atoms. The number of carbonyl (C=O) groups excluding carboxylic acids is 1. The van der Waals surface area contributed by atoms with Gasteiger partial charge in [0.1, 0.15) is 5.78 Å². The third-order valence-corrected chi connectivity index (χ3v) is 2.80. The average molecular weight is 186 g/mol. The van der Waals surface area contributed by atoms with Crippen LogP contribution in [0.25, 0.3) is 0 Å². The van der Waals surface area contributed by atoms with E-state index in [1.54, 1.807) is 11.8 Å². The number of ketones is 1. The summed E-state index contributed by atoms with van der Waals surface area (Å²) in [5.74, 6) is 1.49. The van der Waals surface area contributed by atoms with E-state index in [-0.39, 0.29) is 11.2 Å². The molecule has 0 spiro atoms. The molecule has 1 nitrogen and oxygen atoms in total. The van der Waals surface area contributed by atoms with Crippen molar-refractivity contribution in [2.45, 2.75) is 32.4 Å². The molecule has 1 atom stereocenters. The first-order valence-electron chi connectivity index (χ1n) is 4.39. The fourth-order valence-corrected chi connectivity index (χ4v) is 2.10. The van der Waals surface area contributed by atoms with Crippen molar-refractivity contribution in [2.24, 2.45) is 5.92 Å². The minimum Gasteiger partial charge on any atom is -0.298 e.